The normalized spacial score (nSPS) is 18.0. The van der Waals surface area contributed by atoms with Crippen molar-refractivity contribution in [3.05, 3.63) is 0 Å². The van der Waals surface area contributed by atoms with Gasteiger partial charge >= 0.3 is 0 Å². The first kappa shape index (κ1) is 10.1. The average Bonchev–Trinajstić information content (AvgIpc) is 2.47. The highest BCUT2D eigenvalue weighted by Gasteiger charge is 2.09. The largest absolute Gasteiger partial charge is 0.319 e. The van der Waals surface area contributed by atoms with Gasteiger partial charge in [-0.2, -0.15) is 0 Å². The van der Waals surface area contributed by atoms with Crippen LogP contribution in [0.2, 0.25) is 0 Å². The van der Waals surface area contributed by atoms with Crippen molar-refractivity contribution in [2.24, 2.45) is 0 Å². The Balaban J connectivity index is 2.46. The number of hydrogen-bond donors (Lipinski definition) is 0. The molecule has 1 nitrogen and oxygen atoms in total. The van der Waals surface area contributed by atoms with Crippen LogP contribution in [-0.4, -0.2) is 6.61 Å². The van der Waals surface area contributed by atoms with Gasteiger partial charge in [-0.25, -0.2) is 0 Å². The van der Waals surface area contributed by atoms with Crippen LogP contribution in [0.25, 0.3) is 0 Å². The van der Waals surface area contributed by atoms with Gasteiger partial charge in [0.1, 0.15) is 6.62 Å². The Labute approximate surface area is 92.1 Å². The lowest BCUT2D eigenvalue weighted by atomic mass is 10.9. The SMILES string of the molecule is CCOp1sp2sp1sp2I. The summed E-state index contributed by atoms with van der Waals surface area (Å²) < 4.78 is 6.05. The summed E-state index contributed by atoms with van der Waals surface area (Å²) in [6.45, 7) is 2.99. The van der Waals surface area contributed by atoms with Crippen LogP contribution in [0.5, 0.6) is 0 Å². The molecular weight excluding hydrogens is 387 g/mol. The van der Waals surface area contributed by atoms with Gasteiger partial charge in [-0.15, -0.1) is 0 Å². The van der Waals surface area contributed by atoms with Crippen molar-refractivity contribution in [2.75, 3.05) is 6.61 Å². The molecule has 0 aliphatic rings. The van der Waals surface area contributed by atoms with Gasteiger partial charge in [0, 0.05) is 4.03 Å². The Morgan fingerprint density at radius 3 is 2.55 bits per heavy atom. The molecule has 0 aliphatic carbocycles. The molecule has 0 aliphatic heterocycles. The van der Waals surface area contributed by atoms with Crippen LogP contribution in [0, 0.1) is 0 Å². The van der Waals surface area contributed by atoms with Crippen molar-refractivity contribution in [3.8, 4) is 0 Å². The summed E-state index contributed by atoms with van der Waals surface area (Å²) in [4.78, 5) is 0. The minimum Gasteiger partial charge on any atom is -0.319 e. The van der Waals surface area contributed by atoms with E-state index >= 15 is 0 Å². The van der Waals surface area contributed by atoms with E-state index in [0.717, 1.165) is 6.61 Å². The highest BCUT2D eigenvalue weighted by molar-refractivity contribution is 14.2. The zero-order valence-corrected chi connectivity index (χ0v) is 13.7. The fourth-order valence-electron chi connectivity index (χ4n) is 0.565. The first-order chi connectivity index (χ1) is 5.31. The van der Waals surface area contributed by atoms with Gasteiger partial charge in [0.15, 0.2) is 0 Å². The molecule has 9 heteroatoms. The van der Waals surface area contributed by atoms with Gasteiger partial charge in [-0.3, -0.25) is 0 Å². The standard InChI is InChI=1S/C2H5IOP4S3/c1-2-4-6-8-9-5(3)7(10-6)11-8/h2H2,1H3. The lowest BCUT2D eigenvalue weighted by molar-refractivity contribution is 0.466. The summed E-state index contributed by atoms with van der Waals surface area (Å²) in [6, 6.07) is 0. The second-order valence-electron chi connectivity index (χ2n) is 1.60. The van der Waals surface area contributed by atoms with Gasteiger partial charge in [0.25, 0.3) is 0 Å². The van der Waals surface area contributed by atoms with Crippen LogP contribution in [0.3, 0.4) is 0 Å². The van der Waals surface area contributed by atoms with Crippen molar-refractivity contribution < 1.29 is 4.52 Å². The van der Waals surface area contributed by atoms with E-state index < -0.39 is 0 Å². The average molecular weight is 392 g/mol. The van der Waals surface area contributed by atoms with Crippen molar-refractivity contribution >= 4 is 75.1 Å². The van der Waals surface area contributed by atoms with Crippen LogP contribution in [0.1, 0.15) is 6.92 Å². The Kier molecular flexibility index (Phi) is 4.01. The van der Waals surface area contributed by atoms with Crippen LogP contribution >= 0.6 is 75.1 Å². The number of halogens is 1. The van der Waals surface area contributed by atoms with E-state index in [1.165, 1.54) is 0 Å². The second-order valence-corrected chi connectivity index (χ2v) is 34.7. The van der Waals surface area contributed by atoms with Gasteiger partial charge in [-0.1, -0.05) is 31.6 Å². The molecule has 2 aromatic rings. The molecular formula is C2H5IOP4S3. The molecule has 0 N–H and O–H groups in total. The third kappa shape index (κ3) is 2.14. The summed E-state index contributed by atoms with van der Waals surface area (Å²) in [7, 11) is 6.72. The predicted molar refractivity (Wildman–Crippen MR) is 73.5 cm³/mol. The molecule has 0 aromatic carbocycles. The van der Waals surface area contributed by atoms with Crippen molar-refractivity contribution in [1.29, 1.82) is 0 Å². The van der Waals surface area contributed by atoms with E-state index in [1.807, 2.05) is 0 Å². The number of rotatable bonds is 2. The Morgan fingerprint density at radius 2 is 2.09 bits per heavy atom. The topological polar surface area (TPSA) is 9.23 Å². The summed E-state index contributed by atoms with van der Waals surface area (Å²) in [5, 5.41) is 0.511. The van der Waals surface area contributed by atoms with E-state index in [1.54, 1.807) is 0 Å². The molecule has 2 bridgehead atoms. The van der Waals surface area contributed by atoms with Crippen molar-refractivity contribution in [2.45, 2.75) is 6.92 Å². The van der Waals surface area contributed by atoms with Gasteiger partial charge in [-0.05, 0) is 29.0 Å². The highest BCUT2D eigenvalue weighted by atomic mass is 127. The Hall–Kier alpha value is 2.55. The molecule has 0 saturated carbocycles. The quantitative estimate of drug-likeness (QED) is 0.543. The zero-order valence-electron chi connectivity index (χ0n) is 5.51. The van der Waals surface area contributed by atoms with Crippen LogP contribution in [-0.2, 0) is 0 Å². The molecule has 0 fully saturated rings. The smallest absolute Gasteiger partial charge is 0.117 e. The predicted octanol–water partition coefficient (Wildman–Crippen LogP) is 6.34. The maximum Gasteiger partial charge on any atom is 0.117 e. The molecule has 11 heavy (non-hydrogen) atoms. The lowest BCUT2D eigenvalue weighted by Crippen LogP contribution is -1.81. The minimum atomic E-state index is -0.0380. The van der Waals surface area contributed by atoms with Crippen LogP contribution in [0.15, 0.2) is 0 Å². The van der Waals surface area contributed by atoms with E-state index in [2.05, 4.69) is 60.6 Å². The molecule has 2 rings (SSSR count). The zero-order chi connectivity index (χ0) is 7.84. The number of hydrogen-bond acceptors (Lipinski definition) is 4. The van der Waals surface area contributed by atoms with Crippen LogP contribution in [0.4, 0.5) is 0 Å². The fraction of sp³-hybridized carbons (Fsp3) is 1.00. The van der Waals surface area contributed by atoms with E-state index in [4.69, 9.17) is 4.52 Å². The summed E-state index contributed by atoms with van der Waals surface area (Å²) >= 11 is 2.65. The van der Waals surface area contributed by atoms with E-state index in [-0.39, 0.29) is 12.0 Å². The third-order valence-corrected chi connectivity index (χ3v) is 60.2. The van der Waals surface area contributed by atoms with E-state index in [0.29, 0.717) is 9.41 Å². The molecule has 4 atom stereocenters. The lowest BCUT2D eigenvalue weighted by Gasteiger charge is -1.95. The van der Waals surface area contributed by atoms with Gasteiger partial charge in [0.05, 0.1) is 17.4 Å². The molecule has 0 saturated heterocycles. The maximum absolute atomic E-state index is 5.72. The first-order valence-corrected chi connectivity index (χ1v) is 18.4. The fourth-order valence-corrected chi connectivity index (χ4v) is 103. The minimum absolute atomic E-state index is 0.0380. The molecule has 0 amide bonds. The second kappa shape index (κ2) is 4.38. The van der Waals surface area contributed by atoms with E-state index in [9.17, 15) is 0 Å². The van der Waals surface area contributed by atoms with Gasteiger partial charge < -0.3 is 4.52 Å². The Bertz CT molecular complexity index is 364. The molecule has 0 spiro atoms. The summed E-state index contributed by atoms with van der Waals surface area (Å²) in [5.41, 5.74) is 0. The van der Waals surface area contributed by atoms with Crippen molar-refractivity contribution in [3.63, 3.8) is 0 Å². The summed E-state index contributed by atoms with van der Waals surface area (Å²) in [6.07, 6.45) is 0. The van der Waals surface area contributed by atoms with Gasteiger partial charge in [0.2, 0.25) is 0 Å². The number of fused-ring (bicyclic) bond motifs is 2. The third-order valence-electron chi connectivity index (χ3n) is 0.918. The Morgan fingerprint density at radius 1 is 1.27 bits per heavy atom. The maximum atomic E-state index is 5.72. The molecule has 2 aromatic heterocycles. The monoisotopic (exact) mass is 392 g/mol. The van der Waals surface area contributed by atoms with Crippen LogP contribution < -0.4 is 4.52 Å². The molecule has 4 unspecified atom stereocenters. The first-order valence-electron chi connectivity index (χ1n) is 2.84. The van der Waals surface area contributed by atoms with Crippen molar-refractivity contribution in [1.82, 2.24) is 0 Å². The highest BCUT2D eigenvalue weighted by Crippen LogP contribution is 2.82. The molecule has 64 valence electrons. The molecule has 2 heterocycles. The summed E-state index contributed by atoms with van der Waals surface area (Å²) in [5.74, 6) is 0. The molecule has 0 radical (unpaired) electrons.